The summed E-state index contributed by atoms with van der Waals surface area (Å²) in [5.74, 6) is -1.05. The number of Topliss-reactive ketones (excluding diaryl/α,β-unsaturated/α-hetero) is 1. The first-order chi connectivity index (χ1) is 7.04. The maximum Gasteiger partial charge on any atom is 0.335 e. The van der Waals surface area contributed by atoms with Gasteiger partial charge in [-0.2, -0.15) is 0 Å². The fraction of sp³-hybridized carbons (Fsp3) is 0.273. The lowest BCUT2D eigenvalue weighted by Crippen LogP contribution is -2.06. The Bertz CT molecular complexity index is 399. The second-order valence-corrected chi connectivity index (χ2v) is 3.56. The summed E-state index contributed by atoms with van der Waals surface area (Å²) in [4.78, 5) is 21.8. The average molecular weight is 227 g/mol. The maximum atomic E-state index is 11.1. The molecule has 0 unspecified atom stereocenters. The second-order valence-electron chi connectivity index (χ2n) is 3.30. The lowest BCUT2D eigenvalue weighted by Gasteiger charge is -2.04. The van der Waals surface area contributed by atoms with Gasteiger partial charge in [0.2, 0.25) is 0 Å². The van der Waals surface area contributed by atoms with Crippen molar-refractivity contribution in [1.82, 2.24) is 0 Å². The quantitative estimate of drug-likeness (QED) is 0.800. The largest absolute Gasteiger partial charge is 0.478 e. The van der Waals surface area contributed by atoms with Gasteiger partial charge in [-0.25, -0.2) is 4.79 Å². The van der Waals surface area contributed by atoms with Crippen molar-refractivity contribution in [1.29, 1.82) is 0 Å². The second kappa shape index (κ2) is 4.94. The van der Waals surface area contributed by atoms with E-state index in [0.717, 1.165) is 11.1 Å². The number of carbonyl (C=O) groups is 2. The van der Waals surface area contributed by atoms with Gasteiger partial charge in [0.05, 0.1) is 11.4 Å². The summed E-state index contributed by atoms with van der Waals surface area (Å²) < 4.78 is 0. The first-order valence-corrected chi connectivity index (χ1v) is 4.98. The van der Waals surface area contributed by atoms with Crippen molar-refractivity contribution in [2.45, 2.75) is 13.3 Å². The molecule has 3 nitrogen and oxygen atoms in total. The Morgan fingerprint density at radius 1 is 1.40 bits per heavy atom. The number of carboxylic acids is 1. The number of hydrogen-bond donors (Lipinski definition) is 1. The van der Waals surface area contributed by atoms with E-state index in [4.69, 9.17) is 16.7 Å². The van der Waals surface area contributed by atoms with Crippen LogP contribution < -0.4 is 0 Å². The molecule has 0 aliphatic rings. The summed E-state index contributed by atoms with van der Waals surface area (Å²) in [5, 5.41) is 8.74. The Balaban J connectivity index is 2.93. The normalized spacial score (nSPS) is 10.0. The third kappa shape index (κ3) is 3.06. The van der Waals surface area contributed by atoms with Crippen molar-refractivity contribution < 1.29 is 14.7 Å². The molecule has 15 heavy (non-hydrogen) atoms. The van der Waals surface area contributed by atoms with Crippen LogP contribution in [0.3, 0.4) is 0 Å². The summed E-state index contributed by atoms with van der Waals surface area (Å²) in [5.41, 5.74) is 1.86. The predicted octanol–water partition coefficient (Wildman–Crippen LogP) is 2.04. The number of ketones is 1. The average Bonchev–Trinajstić information content (AvgIpc) is 2.20. The summed E-state index contributed by atoms with van der Waals surface area (Å²) in [6.45, 7) is 1.78. The molecule has 0 saturated carbocycles. The van der Waals surface area contributed by atoms with E-state index < -0.39 is 5.97 Å². The van der Waals surface area contributed by atoms with Gasteiger partial charge in [-0.1, -0.05) is 6.07 Å². The highest BCUT2D eigenvalue weighted by Gasteiger charge is 2.08. The number of alkyl halides is 1. The van der Waals surface area contributed by atoms with Crippen molar-refractivity contribution >= 4 is 23.4 Å². The number of aromatic carboxylic acids is 1. The highest BCUT2D eigenvalue weighted by atomic mass is 35.5. The van der Waals surface area contributed by atoms with E-state index >= 15 is 0 Å². The van der Waals surface area contributed by atoms with Gasteiger partial charge in [0, 0.05) is 6.42 Å². The van der Waals surface area contributed by atoms with Crippen LogP contribution in [0.2, 0.25) is 0 Å². The van der Waals surface area contributed by atoms with Crippen LogP contribution >= 0.6 is 11.6 Å². The van der Waals surface area contributed by atoms with E-state index in [-0.39, 0.29) is 23.6 Å². The predicted molar refractivity (Wildman–Crippen MR) is 57.6 cm³/mol. The third-order valence-corrected chi connectivity index (χ3v) is 2.42. The van der Waals surface area contributed by atoms with E-state index in [1.54, 1.807) is 19.1 Å². The molecule has 0 atom stereocenters. The molecule has 0 heterocycles. The van der Waals surface area contributed by atoms with Crippen LogP contribution in [0, 0.1) is 6.92 Å². The van der Waals surface area contributed by atoms with Crippen molar-refractivity contribution in [3.05, 3.63) is 34.9 Å². The summed E-state index contributed by atoms with van der Waals surface area (Å²) in [6, 6.07) is 4.70. The Labute approximate surface area is 92.7 Å². The van der Waals surface area contributed by atoms with Crippen LogP contribution in [-0.4, -0.2) is 22.7 Å². The minimum Gasteiger partial charge on any atom is -0.478 e. The molecule has 0 spiro atoms. The highest BCUT2D eigenvalue weighted by molar-refractivity contribution is 6.27. The molecule has 0 radical (unpaired) electrons. The molecule has 0 aromatic heterocycles. The molecule has 0 amide bonds. The Hall–Kier alpha value is -1.35. The van der Waals surface area contributed by atoms with E-state index in [9.17, 15) is 9.59 Å². The minimum atomic E-state index is -0.965. The van der Waals surface area contributed by atoms with Crippen molar-refractivity contribution in [3.63, 3.8) is 0 Å². The van der Waals surface area contributed by atoms with Crippen LogP contribution in [0.15, 0.2) is 18.2 Å². The Morgan fingerprint density at radius 3 is 2.53 bits per heavy atom. The summed E-state index contributed by atoms with van der Waals surface area (Å²) in [6.07, 6.45) is 0.259. The molecule has 0 bridgehead atoms. The Morgan fingerprint density at radius 2 is 2.07 bits per heavy atom. The number of rotatable bonds is 4. The zero-order valence-electron chi connectivity index (χ0n) is 8.29. The van der Waals surface area contributed by atoms with Crippen LogP contribution in [0.5, 0.6) is 0 Å². The van der Waals surface area contributed by atoms with Crippen molar-refractivity contribution in [2.75, 3.05) is 5.88 Å². The van der Waals surface area contributed by atoms with Gasteiger partial charge in [-0.05, 0) is 30.2 Å². The van der Waals surface area contributed by atoms with Gasteiger partial charge in [-0.15, -0.1) is 11.6 Å². The fourth-order valence-electron chi connectivity index (χ4n) is 1.29. The van der Waals surface area contributed by atoms with Gasteiger partial charge in [-0.3, -0.25) is 4.79 Å². The smallest absolute Gasteiger partial charge is 0.335 e. The monoisotopic (exact) mass is 226 g/mol. The lowest BCUT2D eigenvalue weighted by atomic mass is 10.0. The standard InChI is InChI=1S/C11H11ClO3/c1-7-4-9(11(14)15)3-2-8(7)5-10(13)6-12/h2-4H,5-6H2,1H3,(H,14,15). The summed E-state index contributed by atoms with van der Waals surface area (Å²) in [7, 11) is 0. The molecule has 0 aliphatic heterocycles. The van der Waals surface area contributed by atoms with Gasteiger partial charge < -0.3 is 5.11 Å². The topological polar surface area (TPSA) is 54.4 Å². The molecule has 4 heteroatoms. The van der Waals surface area contributed by atoms with Gasteiger partial charge >= 0.3 is 5.97 Å². The summed E-state index contributed by atoms with van der Waals surface area (Å²) >= 11 is 5.39. The fourth-order valence-corrected chi connectivity index (χ4v) is 1.38. The van der Waals surface area contributed by atoms with Crippen LogP contribution in [0.25, 0.3) is 0 Å². The number of halogens is 1. The minimum absolute atomic E-state index is 0.0138. The molecule has 1 aromatic rings. The number of hydrogen-bond acceptors (Lipinski definition) is 2. The van der Waals surface area contributed by atoms with Gasteiger partial charge in [0.15, 0.2) is 5.78 Å². The van der Waals surface area contributed by atoms with Crippen LogP contribution in [0.1, 0.15) is 21.5 Å². The highest BCUT2D eigenvalue weighted by Crippen LogP contribution is 2.12. The van der Waals surface area contributed by atoms with E-state index in [0.29, 0.717) is 0 Å². The van der Waals surface area contributed by atoms with E-state index in [2.05, 4.69) is 0 Å². The Kier molecular flexibility index (Phi) is 3.86. The SMILES string of the molecule is Cc1cc(C(=O)O)ccc1CC(=O)CCl. The van der Waals surface area contributed by atoms with Crippen molar-refractivity contribution in [3.8, 4) is 0 Å². The van der Waals surface area contributed by atoms with Gasteiger partial charge in [0.25, 0.3) is 0 Å². The molecule has 0 aliphatic carbocycles. The first-order valence-electron chi connectivity index (χ1n) is 4.45. The molecule has 80 valence electrons. The molecule has 0 saturated heterocycles. The van der Waals surface area contributed by atoms with E-state index in [1.807, 2.05) is 0 Å². The maximum absolute atomic E-state index is 11.1. The zero-order chi connectivity index (χ0) is 11.4. The number of carboxylic acid groups (broad SMARTS) is 1. The zero-order valence-corrected chi connectivity index (χ0v) is 9.04. The first kappa shape index (κ1) is 11.7. The molecule has 1 aromatic carbocycles. The van der Waals surface area contributed by atoms with E-state index in [1.165, 1.54) is 6.07 Å². The third-order valence-electron chi connectivity index (χ3n) is 2.13. The van der Waals surface area contributed by atoms with Crippen LogP contribution in [0.4, 0.5) is 0 Å². The molecule has 1 rings (SSSR count). The number of aryl methyl sites for hydroxylation is 1. The molecule has 0 fully saturated rings. The molecule has 1 N–H and O–H groups in total. The van der Waals surface area contributed by atoms with Gasteiger partial charge in [0.1, 0.15) is 0 Å². The lowest BCUT2D eigenvalue weighted by molar-refractivity contribution is -0.116. The molecular weight excluding hydrogens is 216 g/mol. The number of benzene rings is 1. The number of carbonyl (C=O) groups excluding carboxylic acids is 1. The molecular formula is C11H11ClO3. The van der Waals surface area contributed by atoms with Crippen molar-refractivity contribution in [2.24, 2.45) is 0 Å². The van der Waals surface area contributed by atoms with Crippen LogP contribution in [-0.2, 0) is 11.2 Å².